The molecule has 0 radical (unpaired) electrons. The second kappa shape index (κ2) is 7.35. The van der Waals surface area contributed by atoms with Crippen LogP contribution in [0.2, 0.25) is 5.02 Å². The summed E-state index contributed by atoms with van der Waals surface area (Å²) in [6.07, 6.45) is 0. The molecule has 0 unspecified atom stereocenters. The fourth-order valence-electron chi connectivity index (χ4n) is 2.33. The molecular formula is C17H14ClN3O2S2. The van der Waals surface area contributed by atoms with E-state index in [0.717, 1.165) is 16.0 Å². The van der Waals surface area contributed by atoms with Crippen LogP contribution >= 0.6 is 35.2 Å². The molecule has 0 saturated carbocycles. The van der Waals surface area contributed by atoms with Crippen LogP contribution in [-0.2, 0) is 7.05 Å². The molecule has 0 saturated heterocycles. The topological polar surface area (TPSA) is 55.6 Å². The highest BCUT2D eigenvalue weighted by Gasteiger charge is 2.10. The van der Waals surface area contributed by atoms with Crippen molar-refractivity contribution in [1.29, 1.82) is 0 Å². The third-order valence-corrected chi connectivity index (χ3v) is 5.07. The molecule has 0 atom stereocenters. The van der Waals surface area contributed by atoms with Crippen LogP contribution in [0.25, 0.3) is 10.2 Å². The average molecular weight is 392 g/mol. The highest BCUT2D eigenvalue weighted by molar-refractivity contribution is 7.80. The Labute approximate surface area is 158 Å². The standard InChI is InChI=1S/C17H14ClN3O2S2/c1-21-14-12(23-2)4-3-5-13(14)25-17(21)20-16(24)19-15(22)10-6-8-11(18)9-7-10/h3-9H,1-2H3,(H,19,22,24)/b20-17+. The Balaban J connectivity index is 1.89. The molecule has 2 aromatic carbocycles. The number of amides is 1. The Bertz CT molecular complexity index is 1020. The van der Waals surface area contributed by atoms with Crippen LogP contribution in [0.15, 0.2) is 47.5 Å². The number of carbonyl (C=O) groups excluding carboxylic acids is 1. The number of rotatable bonds is 2. The number of nitrogens with zero attached hydrogens (tertiary/aromatic N) is 2. The number of thiazole rings is 1. The van der Waals surface area contributed by atoms with Crippen molar-refractivity contribution in [3.05, 3.63) is 57.9 Å². The van der Waals surface area contributed by atoms with E-state index in [1.165, 1.54) is 11.3 Å². The Morgan fingerprint density at radius 3 is 2.68 bits per heavy atom. The number of nitrogens with one attached hydrogen (secondary N) is 1. The Kier molecular flexibility index (Phi) is 5.17. The second-order valence-corrected chi connectivity index (χ2v) is 6.96. The molecule has 1 aromatic heterocycles. The molecule has 3 rings (SSSR count). The number of methoxy groups -OCH3 is 1. The monoisotopic (exact) mass is 391 g/mol. The first-order chi connectivity index (χ1) is 12.0. The van der Waals surface area contributed by atoms with Gasteiger partial charge in [0.2, 0.25) is 5.11 Å². The van der Waals surface area contributed by atoms with Gasteiger partial charge in [-0.1, -0.05) is 29.0 Å². The van der Waals surface area contributed by atoms with Crippen molar-refractivity contribution < 1.29 is 9.53 Å². The number of carbonyl (C=O) groups is 1. The minimum Gasteiger partial charge on any atom is -0.495 e. The zero-order valence-electron chi connectivity index (χ0n) is 13.4. The first-order valence-corrected chi connectivity index (χ1v) is 8.88. The lowest BCUT2D eigenvalue weighted by molar-refractivity contribution is 0.0977. The molecule has 0 bridgehead atoms. The first-order valence-electron chi connectivity index (χ1n) is 7.27. The van der Waals surface area contributed by atoms with E-state index < -0.39 is 0 Å². The van der Waals surface area contributed by atoms with Crippen LogP contribution in [0, 0.1) is 0 Å². The van der Waals surface area contributed by atoms with Crippen molar-refractivity contribution in [2.75, 3.05) is 7.11 Å². The summed E-state index contributed by atoms with van der Waals surface area (Å²) in [6.45, 7) is 0. The normalized spacial score (nSPS) is 11.6. The molecule has 3 aromatic rings. The van der Waals surface area contributed by atoms with Gasteiger partial charge in [0.05, 0.1) is 11.8 Å². The van der Waals surface area contributed by atoms with Crippen molar-refractivity contribution in [1.82, 2.24) is 9.88 Å². The van der Waals surface area contributed by atoms with Crippen molar-refractivity contribution in [3.8, 4) is 5.75 Å². The number of hydrogen-bond donors (Lipinski definition) is 1. The number of aryl methyl sites for hydroxylation is 1. The lowest BCUT2D eigenvalue weighted by atomic mass is 10.2. The minimum atomic E-state index is -0.327. The molecule has 25 heavy (non-hydrogen) atoms. The number of fused-ring (bicyclic) bond motifs is 1. The lowest BCUT2D eigenvalue weighted by Crippen LogP contribution is -2.29. The van der Waals surface area contributed by atoms with Crippen LogP contribution in [0.5, 0.6) is 5.75 Å². The maximum Gasteiger partial charge on any atom is 0.257 e. The predicted octanol–water partition coefficient (Wildman–Crippen LogP) is 3.52. The molecule has 1 N–H and O–H groups in total. The smallest absolute Gasteiger partial charge is 0.257 e. The molecule has 1 amide bonds. The first kappa shape index (κ1) is 17.6. The van der Waals surface area contributed by atoms with Crippen molar-refractivity contribution in [3.63, 3.8) is 0 Å². The number of halogens is 1. The van der Waals surface area contributed by atoms with Gasteiger partial charge in [-0.2, -0.15) is 4.99 Å². The van der Waals surface area contributed by atoms with E-state index in [2.05, 4.69) is 10.3 Å². The van der Waals surface area contributed by atoms with Crippen LogP contribution in [0.3, 0.4) is 0 Å². The van der Waals surface area contributed by atoms with Crippen LogP contribution in [-0.4, -0.2) is 22.7 Å². The predicted molar refractivity (Wildman–Crippen MR) is 104 cm³/mol. The third-order valence-electron chi connectivity index (χ3n) is 3.53. The lowest BCUT2D eigenvalue weighted by Gasteiger charge is -2.04. The van der Waals surface area contributed by atoms with Gasteiger partial charge in [-0.15, -0.1) is 0 Å². The SMILES string of the molecule is COc1cccc2s/c(=N/C(=S)NC(=O)c3ccc(Cl)cc3)n(C)c12. The van der Waals surface area contributed by atoms with Gasteiger partial charge < -0.3 is 9.30 Å². The van der Waals surface area contributed by atoms with E-state index in [0.29, 0.717) is 15.4 Å². The summed E-state index contributed by atoms with van der Waals surface area (Å²) in [4.78, 5) is 17.2. The summed E-state index contributed by atoms with van der Waals surface area (Å²) < 4.78 is 8.30. The van der Waals surface area contributed by atoms with Crippen LogP contribution < -0.4 is 14.9 Å². The number of hydrogen-bond acceptors (Lipinski definition) is 4. The second-order valence-electron chi connectivity index (χ2n) is 5.13. The zero-order chi connectivity index (χ0) is 18.0. The van der Waals surface area contributed by atoms with E-state index in [1.54, 1.807) is 31.4 Å². The van der Waals surface area contributed by atoms with Crippen LogP contribution in [0.1, 0.15) is 10.4 Å². The molecule has 0 spiro atoms. The molecule has 8 heteroatoms. The Hall–Kier alpha value is -2.22. The Morgan fingerprint density at radius 2 is 2.00 bits per heavy atom. The fraction of sp³-hybridized carbons (Fsp3) is 0.118. The molecule has 0 aliphatic rings. The highest BCUT2D eigenvalue weighted by atomic mass is 35.5. The number of aromatic nitrogens is 1. The maximum absolute atomic E-state index is 12.2. The van der Waals surface area contributed by atoms with Gasteiger partial charge in [0.15, 0.2) is 4.80 Å². The fourth-order valence-corrected chi connectivity index (χ4v) is 3.73. The van der Waals surface area contributed by atoms with E-state index in [9.17, 15) is 4.79 Å². The number of ether oxygens (including phenoxy) is 1. The number of benzene rings is 2. The number of para-hydroxylation sites is 1. The Morgan fingerprint density at radius 1 is 1.28 bits per heavy atom. The van der Waals surface area contributed by atoms with Gasteiger partial charge in [0, 0.05) is 17.6 Å². The van der Waals surface area contributed by atoms with E-state index in [1.807, 2.05) is 29.8 Å². The van der Waals surface area contributed by atoms with Gasteiger partial charge in [0.25, 0.3) is 5.91 Å². The van der Waals surface area contributed by atoms with E-state index >= 15 is 0 Å². The molecule has 0 aliphatic carbocycles. The highest BCUT2D eigenvalue weighted by Crippen LogP contribution is 2.26. The largest absolute Gasteiger partial charge is 0.495 e. The van der Waals surface area contributed by atoms with Crippen molar-refractivity contribution in [2.24, 2.45) is 12.0 Å². The summed E-state index contributed by atoms with van der Waals surface area (Å²) >= 11 is 12.5. The van der Waals surface area contributed by atoms with Gasteiger partial charge >= 0.3 is 0 Å². The minimum absolute atomic E-state index is 0.0982. The summed E-state index contributed by atoms with van der Waals surface area (Å²) in [5.74, 6) is 0.431. The quantitative estimate of drug-likeness (QED) is 0.680. The summed E-state index contributed by atoms with van der Waals surface area (Å²) in [6, 6.07) is 12.3. The summed E-state index contributed by atoms with van der Waals surface area (Å²) in [5.41, 5.74) is 1.39. The zero-order valence-corrected chi connectivity index (χ0v) is 15.8. The third kappa shape index (κ3) is 3.73. The van der Waals surface area contributed by atoms with Gasteiger partial charge in [0.1, 0.15) is 11.3 Å². The average Bonchev–Trinajstić information content (AvgIpc) is 2.91. The molecule has 5 nitrogen and oxygen atoms in total. The number of thiocarbonyl (C=S) groups is 1. The summed E-state index contributed by atoms with van der Waals surface area (Å²) in [5, 5.41) is 3.27. The van der Waals surface area contributed by atoms with Gasteiger partial charge in [-0.05, 0) is 48.6 Å². The molecule has 0 aliphatic heterocycles. The van der Waals surface area contributed by atoms with E-state index in [4.69, 9.17) is 28.6 Å². The van der Waals surface area contributed by atoms with E-state index in [-0.39, 0.29) is 11.0 Å². The van der Waals surface area contributed by atoms with Gasteiger partial charge in [-0.25, -0.2) is 0 Å². The summed E-state index contributed by atoms with van der Waals surface area (Å²) in [7, 11) is 3.50. The maximum atomic E-state index is 12.2. The molecule has 1 heterocycles. The van der Waals surface area contributed by atoms with Crippen molar-refractivity contribution in [2.45, 2.75) is 0 Å². The molecule has 128 valence electrons. The molecular weight excluding hydrogens is 378 g/mol. The van der Waals surface area contributed by atoms with Gasteiger partial charge in [-0.3, -0.25) is 10.1 Å². The molecule has 0 fully saturated rings. The van der Waals surface area contributed by atoms with Crippen molar-refractivity contribution >= 4 is 56.4 Å². The van der Waals surface area contributed by atoms with Crippen LogP contribution in [0.4, 0.5) is 0 Å².